The van der Waals surface area contributed by atoms with Crippen LogP contribution in [0.3, 0.4) is 0 Å². The van der Waals surface area contributed by atoms with E-state index in [1.165, 1.54) is 11.1 Å². The fourth-order valence-corrected chi connectivity index (χ4v) is 5.64. The van der Waals surface area contributed by atoms with Crippen LogP contribution in [0, 0.1) is 0 Å². The Morgan fingerprint density at radius 1 is 0.463 bits per heavy atom. The molecule has 192 valence electrons. The van der Waals surface area contributed by atoms with Crippen molar-refractivity contribution in [2.75, 3.05) is 4.90 Å². The summed E-state index contributed by atoms with van der Waals surface area (Å²) in [5.41, 5.74) is 8.42. The van der Waals surface area contributed by atoms with Crippen LogP contribution in [0.4, 0.5) is 17.3 Å². The van der Waals surface area contributed by atoms with E-state index >= 15 is 0 Å². The zero-order chi connectivity index (χ0) is 27.2. The Labute approximate surface area is 237 Å². The second kappa shape index (κ2) is 9.50. The van der Waals surface area contributed by atoms with Crippen molar-refractivity contribution in [3.8, 4) is 45.0 Å². The van der Waals surface area contributed by atoms with Gasteiger partial charge >= 0.3 is 0 Å². The third-order valence-corrected chi connectivity index (χ3v) is 7.52. The predicted molar refractivity (Wildman–Crippen MR) is 165 cm³/mol. The largest absolute Gasteiger partial charge is 0.278 e. The Morgan fingerprint density at radius 2 is 1.10 bits per heavy atom. The van der Waals surface area contributed by atoms with Gasteiger partial charge in [-0.15, -0.1) is 0 Å². The molecule has 0 saturated carbocycles. The second-order valence-corrected chi connectivity index (χ2v) is 10.0. The van der Waals surface area contributed by atoms with Crippen LogP contribution in [-0.2, 0) is 0 Å². The Kier molecular flexibility index (Phi) is 5.38. The van der Waals surface area contributed by atoms with Gasteiger partial charge < -0.3 is 0 Å². The van der Waals surface area contributed by atoms with Gasteiger partial charge in [0.25, 0.3) is 0 Å². The van der Waals surface area contributed by atoms with Crippen molar-refractivity contribution in [1.29, 1.82) is 0 Å². The second-order valence-electron chi connectivity index (χ2n) is 10.0. The van der Waals surface area contributed by atoms with E-state index in [1.54, 1.807) is 0 Å². The van der Waals surface area contributed by atoms with Gasteiger partial charge in [-0.05, 0) is 46.3 Å². The summed E-state index contributed by atoms with van der Waals surface area (Å²) < 4.78 is 0. The van der Waals surface area contributed by atoms with Gasteiger partial charge in [-0.25, -0.2) is 4.98 Å². The number of benzene rings is 5. The summed E-state index contributed by atoms with van der Waals surface area (Å²) in [6.07, 6.45) is 3.77. The molecule has 1 aliphatic heterocycles. The summed E-state index contributed by atoms with van der Waals surface area (Å²) in [7, 11) is 0. The molecule has 0 radical (unpaired) electrons. The number of hydrogen-bond acceptors (Lipinski definition) is 5. The van der Waals surface area contributed by atoms with E-state index in [0.717, 1.165) is 44.4 Å². The standard InChI is InChI=1S/C36H23N5/c1-4-11-24(12-5-1)28-21-27-17-10-18-32-33(27)29(22-28)30-23-37-20-19-31(30)41(32)36-39-34(25-13-6-2-7-14-25)38-35(40-36)26-15-8-3-9-16-26/h1-23H. The molecule has 0 unspecified atom stereocenters. The molecule has 0 spiro atoms. The normalized spacial score (nSPS) is 11.9. The summed E-state index contributed by atoms with van der Waals surface area (Å²) in [6, 6.07) is 43.6. The molecule has 8 rings (SSSR count). The van der Waals surface area contributed by atoms with Crippen molar-refractivity contribution in [2.24, 2.45) is 0 Å². The molecule has 41 heavy (non-hydrogen) atoms. The predicted octanol–water partition coefficient (Wildman–Crippen LogP) is 8.87. The monoisotopic (exact) mass is 525 g/mol. The molecule has 7 aromatic rings. The van der Waals surface area contributed by atoms with Crippen LogP contribution >= 0.6 is 0 Å². The van der Waals surface area contributed by atoms with Crippen LogP contribution in [0.2, 0.25) is 0 Å². The first-order valence-electron chi connectivity index (χ1n) is 13.6. The van der Waals surface area contributed by atoms with Crippen LogP contribution in [0.15, 0.2) is 140 Å². The highest BCUT2D eigenvalue weighted by atomic mass is 15.3. The number of aromatic nitrogens is 4. The molecule has 3 heterocycles. The molecule has 0 atom stereocenters. The van der Waals surface area contributed by atoms with Crippen LogP contribution in [0.25, 0.3) is 55.8 Å². The molecule has 0 aliphatic carbocycles. The van der Waals surface area contributed by atoms with Gasteiger partial charge in [-0.2, -0.15) is 9.97 Å². The summed E-state index contributed by atoms with van der Waals surface area (Å²) in [5, 5.41) is 2.30. The lowest BCUT2D eigenvalue weighted by molar-refractivity contribution is 1.02. The minimum atomic E-state index is 0.565. The smallest absolute Gasteiger partial charge is 0.238 e. The lowest BCUT2D eigenvalue weighted by Gasteiger charge is -2.32. The van der Waals surface area contributed by atoms with Crippen LogP contribution < -0.4 is 4.90 Å². The van der Waals surface area contributed by atoms with E-state index in [0.29, 0.717) is 17.6 Å². The molecule has 5 heteroatoms. The quantitative estimate of drug-likeness (QED) is 0.230. The molecule has 1 aliphatic rings. The highest BCUT2D eigenvalue weighted by molar-refractivity contribution is 6.14. The maximum atomic E-state index is 5.06. The molecule has 0 saturated heterocycles. The Hall–Kier alpha value is -5.68. The molecule has 0 bridgehead atoms. The first kappa shape index (κ1) is 23.2. The molecular weight excluding hydrogens is 502 g/mol. The number of rotatable bonds is 4. The highest BCUT2D eigenvalue weighted by Crippen LogP contribution is 2.51. The number of hydrogen-bond donors (Lipinski definition) is 0. The van der Waals surface area contributed by atoms with Gasteiger partial charge in [0, 0.05) is 34.5 Å². The van der Waals surface area contributed by atoms with Crippen molar-refractivity contribution in [1.82, 2.24) is 19.9 Å². The van der Waals surface area contributed by atoms with Gasteiger partial charge in [-0.1, -0.05) is 103 Å². The van der Waals surface area contributed by atoms with E-state index in [9.17, 15) is 0 Å². The summed E-state index contributed by atoms with van der Waals surface area (Å²) in [5.74, 6) is 1.82. The molecule has 2 aromatic heterocycles. The number of pyridine rings is 1. The molecule has 0 fully saturated rings. The van der Waals surface area contributed by atoms with Crippen molar-refractivity contribution in [3.05, 3.63) is 140 Å². The van der Waals surface area contributed by atoms with Gasteiger partial charge in [0.05, 0.1) is 11.4 Å². The van der Waals surface area contributed by atoms with Crippen LogP contribution in [0.1, 0.15) is 0 Å². The molecule has 0 amide bonds. The molecule has 0 N–H and O–H groups in total. The minimum Gasteiger partial charge on any atom is -0.278 e. The average molecular weight is 526 g/mol. The third kappa shape index (κ3) is 3.95. The fourth-order valence-electron chi connectivity index (χ4n) is 5.64. The fraction of sp³-hybridized carbons (Fsp3) is 0. The summed E-state index contributed by atoms with van der Waals surface area (Å²) >= 11 is 0. The van der Waals surface area contributed by atoms with Crippen LogP contribution in [-0.4, -0.2) is 19.9 Å². The van der Waals surface area contributed by atoms with Crippen molar-refractivity contribution in [3.63, 3.8) is 0 Å². The summed E-state index contributed by atoms with van der Waals surface area (Å²) in [6.45, 7) is 0. The Bertz CT molecular complexity index is 1980. The zero-order valence-electron chi connectivity index (χ0n) is 22.0. The number of nitrogens with zero attached hydrogens (tertiary/aromatic N) is 5. The van der Waals surface area contributed by atoms with Crippen molar-refractivity contribution < 1.29 is 0 Å². The average Bonchev–Trinajstić information content (AvgIpc) is 3.06. The van der Waals surface area contributed by atoms with Crippen molar-refractivity contribution >= 4 is 28.1 Å². The number of anilines is 3. The maximum Gasteiger partial charge on any atom is 0.238 e. The Balaban J connectivity index is 1.41. The molecule has 5 aromatic carbocycles. The van der Waals surface area contributed by atoms with E-state index < -0.39 is 0 Å². The highest BCUT2D eigenvalue weighted by Gasteiger charge is 2.29. The minimum absolute atomic E-state index is 0.565. The van der Waals surface area contributed by atoms with E-state index in [1.807, 2.05) is 85.2 Å². The topological polar surface area (TPSA) is 54.8 Å². The van der Waals surface area contributed by atoms with E-state index in [2.05, 4.69) is 64.5 Å². The van der Waals surface area contributed by atoms with Crippen molar-refractivity contribution in [2.45, 2.75) is 0 Å². The van der Waals surface area contributed by atoms with Gasteiger partial charge in [0.2, 0.25) is 5.95 Å². The van der Waals surface area contributed by atoms with Gasteiger partial charge in [0.15, 0.2) is 11.6 Å². The zero-order valence-corrected chi connectivity index (χ0v) is 22.0. The molecular formula is C36H23N5. The molecule has 5 nitrogen and oxygen atoms in total. The first-order chi connectivity index (χ1) is 20.3. The van der Waals surface area contributed by atoms with Crippen LogP contribution in [0.5, 0.6) is 0 Å². The summed E-state index contributed by atoms with van der Waals surface area (Å²) in [4.78, 5) is 21.7. The number of fused-ring (bicyclic) bond motifs is 2. The van der Waals surface area contributed by atoms with Gasteiger partial charge in [-0.3, -0.25) is 9.88 Å². The van der Waals surface area contributed by atoms with E-state index in [4.69, 9.17) is 15.0 Å². The SMILES string of the molecule is c1ccc(-c2cc3c4c(cccc4c2)N(c2nc(-c4ccccc4)nc(-c4ccccc4)n2)c2ccncc2-3)cc1. The Morgan fingerprint density at radius 3 is 1.76 bits per heavy atom. The first-order valence-corrected chi connectivity index (χ1v) is 13.6. The van der Waals surface area contributed by atoms with Gasteiger partial charge in [0.1, 0.15) is 0 Å². The van der Waals surface area contributed by atoms with E-state index in [-0.39, 0.29) is 0 Å². The lowest BCUT2D eigenvalue weighted by Crippen LogP contribution is -2.19. The maximum absolute atomic E-state index is 5.06. The lowest BCUT2D eigenvalue weighted by atomic mass is 9.89. The third-order valence-electron chi connectivity index (χ3n) is 7.52.